The Morgan fingerprint density at radius 2 is 1.06 bits per heavy atom. The van der Waals surface area contributed by atoms with E-state index in [0.29, 0.717) is 6.42 Å². The number of hydrogen-bond donors (Lipinski definition) is 2. The summed E-state index contributed by atoms with van der Waals surface area (Å²) in [6, 6.07) is 8.19. The minimum Gasteiger partial charge on any atom is -0.479 e. The maximum Gasteiger partial charge on any atom is 0.343 e. The van der Waals surface area contributed by atoms with Gasteiger partial charge in [0.05, 0.1) is 0 Å². The molecule has 1 aromatic rings. The van der Waals surface area contributed by atoms with Crippen LogP contribution >= 0.6 is 0 Å². The number of benzene rings is 1. The first kappa shape index (κ1) is 27.4. The summed E-state index contributed by atoms with van der Waals surface area (Å²) in [5.41, 5.74) is -2.08. The van der Waals surface area contributed by atoms with Crippen molar-refractivity contribution < 1.29 is 19.8 Å². The molecule has 0 heterocycles. The molecule has 2 N–H and O–H groups in total. The standard InChI is InChI=1S/C27H44O4/c1-2-3-4-5-6-7-8-9-10-11-12-13-14-15-16-20-23-27(31,26(29)30)25(28)24-21-18-17-19-22-24/h17-19,21-22,31H,2-16,20,23H2,1H3,(H,29,30). The van der Waals surface area contributed by atoms with Gasteiger partial charge in [-0.15, -0.1) is 0 Å². The molecule has 0 aromatic heterocycles. The van der Waals surface area contributed by atoms with Crippen molar-refractivity contribution in [3.63, 3.8) is 0 Å². The van der Waals surface area contributed by atoms with Crippen molar-refractivity contribution >= 4 is 11.8 Å². The number of rotatable bonds is 20. The van der Waals surface area contributed by atoms with Crippen LogP contribution in [0.15, 0.2) is 30.3 Å². The molecule has 0 fully saturated rings. The lowest BCUT2D eigenvalue weighted by Crippen LogP contribution is -2.46. The van der Waals surface area contributed by atoms with Gasteiger partial charge in [0, 0.05) is 5.56 Å². The summed E-state index contributed by atoms with van der Waals surface area (Å²) in [5, 5.41) is 19.9. The van der Waals surface area contributed by atoms with E-state index in [1.807, 2.05) is 0 Å². The molecule has 0 aliphatic carbocycles. The highest BCUT2D eigenvalue weighted by molar-refractivity contribution is 6.14. The molecule has 1 aromatic carbocycles. The summed E-state index contributed by atoms with van der Waals surface area (Å²) < 4.78 is 0. The van der Waals surface area contributed by atoms with Crippen molar-refractivity contribution in [3.05, 3.63) is 35.9 Å². The van der Waals surface area contributed by atoms with E-state index in [4.69, 9.17) is 0 Å². The molecule has 0 aliphatic heterocycles. The molecule has 0 amide bonds. The van der Waals surface area contributed by atoms with Gasteiger partial charge in [0.15, 0.2) is 0 Å². The second-order valence-electron chi connectivity index (χ2n) is 8.91. The van der Waals surface area contributed by atoms with Gasteiger partial charge in [-0.3, -0.25) is 4.79 Å². The molecule has 0 aliphatic rings. The zero-order chi connectivity index (χ0) is 22.8. The van der Waals surface area contributed by atoms with E-state index < -0.39 is 17.4 Å². The minimum atomic E-state index is -2.32. The number of carboxylic acid groups (broad SMARTS) is 1. The van der Waals surface area contributed by atoms with Gasteiger partial charge in [-0.1, -0.05) is 134 Å². The molecule has 0 spiro atoms. The van der Waals surface area contributed by atoms with Crippen molar-refractivity contribution in [2.24, 2.45) is 0 Å². The number of aliphatic carboxylic acids is 1. The van der Waals surface area contributed by atoms with E-state index in [9.17, 15) is 19.8 Å². The summed E-state index contributed by atoms with van der Waals surface area (Å²) in [7, 11) is 0. The van der Waals surface area contributed by atoms with Crippen LogP contribution in [0, 0.1) is 0 Å². The van der Waals surface area contributed by atoms with Gasteiger partial charge in [-0.2, -0.15) is 0 Å². The lowest BCUT2D eigenvalue weighted by Gasteiger charge is -2.22. The summed E-state index contributed by atoms with van der Waals surface area (Å²) in [4.78, 5) is 24.0. The SMILES string of the molecule is CCCCCCCCCCCCCCCCCCC(O)(C(=O)O)C(=O)c1ccccc1. The zero-order valence-corrected chi connectivity index (χ0v) is 19.6. The summed E-state index contributed by atoms with van der Waals surface area (Å²) >= 11 is 0. The monoisotopic (exact) mass is 432 g/mol. The Morgan fingerprint density at radius 3 is 1.45 bits per heavy atom. The molecule has 31 heavy (non-hydrogen) atoms. The summed E-state index contributed by atoms with van der Waals surface area (Å²) in [6.45, 7) is 2.26. The lowest BCUT2D eigenvalue weighted by atomic mass is 9.87. The molecule has 0 saturated carbocycles. The number of hydrogen-bond acceptors (Lipinski definition) is 3. The third kappa shape index (κ3) is 11.5. The summed E-state index contributed by atoms with van der Waals surface area (Å²) in [6.07, 6.45) is 19.6. The third-order valence-corrected chi connectivity index (χ3v) is 6.16. The van der Waals surface area contributed by atoms with E-state index in [-0.39, 0.29) is 12.0 Å². The fraction of sp³-hybridized carbons (Fsp3) is 0.704. The van der Waals surface area contributed by atoms with E-state index in [2.05, 4.69) is 6.92 Å². The molecule has 176 valence electrons. The number of carbonyl (C=O) groups excluding carboxylic acids is 1. The third-order valence-electron chi connectivity index (χ3n) is 6.16. The largest absolute Gasteiger partial charge is 0.479 e. The number of Topliss-reactive ketones (excluding diaryl/α,β-unsaturated/α-hetero) is 1. The van der Waals surface area contributed by atoms with Gasteiger partial charge in [-0.25, -0.2) is 4.79 Å². The summed E-state index contributed by atoms with van der Waals surface area (Å²) in [5.74, 6) is -2.18. The average molecular weight is 433 g/mol. The smallest absolute Gasteiger partial charge is 0.343 e. The quantitative estimate of drug-likeness (QED) is 0.128. The van der Waals surface area contributed by atoms with Crippen LogP contribution in [0.2, 0.25) is 0 Å². The second kappa shape index (κ2) is 16.9. The predicted octanol–water partition coefficient (Wildman–Crippen LogP) is 7.34. The normalized spacial score (nSPS) is 13.1. The molecule has 1 atom stereocenters. The molecule has 0 saturated heterocycles. The maximum absolute atomic E-state index is 12.5. The Kier molecular flexibility index (Phi) is 15.0. The van der Waals surface area contributed by atoms with Crippen LogP contribution < -0.4 is 0 Å². The predicted molar refractivity (Wildman–Crippen MR) is 128 cm³/mol. The van der Waals surface area contributed by atoms with Gasteiger partial charge in [0.25, 0.3) is 0 Å². The first-order chi connectivity index (χ1) is 15.0. The molecule has 1 unspecified atom stereocenters. The first-order valence-electron chi connectivity index (χ1n) is 12.6. The Morgan fingerprint density at radius 1 is 0.677 bits per heavy atom. The van der Waals surface area contributed by atoms with Crippen molar-refractivity contribution in [1.29, 1.82) is 0 Å². The molecule has 0 radical (unpaired) electrons. The van der Waals surface area contributed by atoms with Crippen LogP contribution in [-0.2, 0) is 4.79 Å². The van der Waals surface area contributed by atoms with Crippen LogP contribution in [0.1, 0.15) is 126 Å². The van der Waals surface area contributed by atoms with Crippen LogP contribution in [0.25, 0.3) is 0 Å². The molecular weight excluding hydrogens is 388 g/mol. The van der Waals surface area contributed by atoms with Crippen molar-refractivity contribution in [1.82, 2.24) is 0 Å². The fourth-order valence-corrected chi connectivity index (χ4v) is 4.07. The topological polar surface area (TPSA) is 74.6 Å². The molecular formula is C27H44O4. The van der Waals surface area contributed by atoms with Crippen molar-refractivity contribution in [3.8, 4) is 0 Å². The van der Waals surface area contributed by atoms with Gasteiger partial charge in [0.1, 0.15) is 0 Å². The van der Waals surface area contributed by atoms with E-state index >= 15 is 0 Å². The van der Waals surface area contributed by atoms with Crippen molar-refractivity contribution in [2.75, 3.05) is 0 Å². The zero-order valence-electron chi connectivity index (χ0n) is 19.6. The van der Waals surface area contributed by atoms with Crippen LogP contribution in [-0.4, -0.2) is 27.6 Å². The number of aliphatic hydroxyl groups is 1. The second-order valence-corrected chi connectivity index (χ2v) is 8.91. The first-order valence-corrected chi connectivity index (χ1v) is 12.6. The number of carbonyl (C=O) groups is 2. The van der Waals surface area contributed by atoms with Gasteiger partial charge in [0.2, 0.25) is 11.4 Å². The Hall–Kier alpha value is -1.68. The highest BCUT2D eigenvalue weighted by Crippen LogP contribution is 2.22. The van der Waals surface area contributed by atoms with E-state index in [1.165, 1.54) is 77.0 Å². The fourth-order valence-electron chi connectivity index (χ4n) is 4.07. The van der Waals surface area contributed by atoms with Gasteiger partial charge >= 0.3 is 5.97 Å². The minimum absolute atomic E-state index is 0.0332. The van der Waals surface area contributed by atoms with Crippen LogP contribution in [0.4, 0.5) is 0 Å². The highest BCUT2D eigenvalue weighted by Gasteiger charge is 2.43. The molecule has 4 heteroatoms. The number of unbranched alkanes of at least 4 members (excludes halogenated alkanes) is 15. The Balaban J connectivity index is 2.04. The van der Waals surface area contributed by atoms with E-state index in [1.54, 1.807) is 30.3 Å². The Bertz CT molecular complexity index is 599. The van der Waals surface area contributed by atoms with Crippen LogP contribution in [0.3, 0.4) is 0 Å². The molecule has 4 nitrogen and oxygen atoms in total. The number of ketones is 1. The maximum atomic E-state index is 12.5. The highest BCUT2D eigenvalue weighted by atomic mass is 16.4. The number of carboxylic acids is 1. The van der Waals surface area contributed by atoms with Gasteiger partial charge < -0.3 is 10.2 Å². The molecule has 1 rings (SSSR count). The van der Waals surface area contributed by atoms with Gasteiger partial charge in [-0.05, 0) is 12.8 Å². The van der Waals surface area contributed by atoms with Crippen molar-refractivity contribution in [2.45, 2.75) is 122 Å². The molecule has 0 bridgehead atoms. The van der Waals surface area contributed by atoms with E-state index in [0.717, 1.165) is 19.3 Å². The Labute approximate surface area is 189 Å². The average Bonchev–Trinajstić information content (AvgIpc) is 2.78. The van der Waals surface area contributed by atoms with Crippen LogP contribution in [0.5, 0.6) is 0 Å². The lowest BCUT2D eigenvalue weighted by molar-refractivity contribution is -0.153.